The Hall–Kier alpha value is -1.81. The number of aromatic nitrogens is 3. The second-order valence-electron chi connectivity index (χ2n) is 6.34. The topological polar surface area (TPSA) is 41.9 Å². The number of benzene rings is 1. The highest BCUT2D eigenvalue weighted by Gasteiger charge is 2.25. The van der Waals surface area contributed by atoms with Crippen molar-refractivity contribution >= 4 is 0 Å². The number of nitrogens with zero attached hydrogens (tertiary/aromatic N) is 4. The molecule has 0 bridgehead atoms. The first-order valence-electron chi connectivity index (χ1n) is 8.80. The standard InChI is InChI=1S/C19H26N4/c1-3-10-23(11-4-2)16-9-8-15-6-5-7-17(18(15)12-16)19-21-13-20-14-22-19/h5-7,13-14,16H,3-4,8-12H2,1-2H3. The van der Waals surface area contributed by atoms with Crippen LogP contribution in [0.15, 0.2) is 30.9 Å². The van der Waals surface area contributed by atoms with E-state index in [9.17, 15) is 0 Å². The zero-order valence-corrected chi connectivity index (χ0v) is 14.2. The van der Waals surface area contributed by atoms with Gasteiger partial charge in [0.15, 0.2) is 5.82 Å². The van der Waals surface area contributed by atoms with Crippen LogP contribution in [0.25, 0.3) is 11.4 Å². The molecule has 122 valence electrons. The zero-order chi connectivity index (χ0) is 16.1. The average Bonchev–Trinajstić information content (AvgIpc) is 2.61. The van der Waals surface area contributed by atoms with Crippen LogP contribution < -0.4 is 0 Å². The van der Waals surface area contributed by atoms with E-state index in [1.165, 1.54) is 49.0 Å². The molecule has 1 aromatic carbocycles. The second-order valence-corrected chi connectivity index (χ2v) is 6.34. The SMILES string of the molecule is CCCN(CCC)C1CCc2cccc(-c3ncncn3)c2C1. The van der Waals surface area contributed by atoms with Gasteiger partial charge < -0.3 is 4.90 Å². The molecule has 0 fully saturated rings. The van der Waals surface area contributed by atoms with Crippen molar-refractivity contribution in [2.75, 3.05) is 13.1 Å². The summed E-state index contributed by atoms with van der Waals surface area (Å²) in [6.07, 6.45) is 9.13. The van der Waals surface area contributed by atoms with Crippen molar-refractivity contribution in [2.24, 2.45) is 0 Å². The van der Waals surface area contributed by atoms with Gasteiger partial charge in [-0.05, 0) is 56.3 Å². The lowest BCUT2D eigenvalue weighted by atomic mass is 9.84. The third-order valence-corrected chi connectivity index (χ3v) is 4.73. The summed E-state index contributed by atoms with van der Waals surface area (Å²) in [5.41, 5.74) is 4.09. The van der Waals surface area contributed by atoms with Crippen molar-refractivity contribution in [3.63, 3.8) is 0 Å². The maximum atomic E-state index is 4.36. The summed E-state index contributed by atoms with van der Waals surface area (Å²) in [4.78, 5) is 15.3. The van der Waals surface area contributed by atoms with Gasteiger partial charge in [-0.15, -0.1) is 0 Å². The van der Waals surface area contributed by atoms with Gasteiger partial charge in [0, 0.05) is 11.6 Å². The van der Waals surface area contributed by atoms with Crippen molar-refractivity contribution in [2.45, 2.75) is 52.0 Å². The van der Waals surface area contributed by atoms with Gasteiger partial charge in [-0.2, -0.15) is 0 Å². The van der Waals surface area contributed by atoms with Crippen molar-refractivity contribution in [1.29, 1.82) is 0 Å². The van der Waals surface area contributed by atoms with Crippen LogP contribution in [0.4, 0.5) is 0 Å². The van der Waals surface area contributed by atoms with E-state index in [1.807, 2.05) is 0 Å². The van der Waals surface area contributed by atoms with Gasteiger partial charge >= 0.3 is 0 Å². The molecule has 4 nitrogen and oxygen atoms in total. The van der Waals surface area contributed by atoms with Crippen LogP contribution in [0, 0.1) is 0 Å². The Balaban J connectivity index is 1.90. The summed E-state index contributed by atoms with van der Waals surface area (Å²) < 4.78 is 0. The van der Waals surface area contributed by atoms with Crippen LogP contribution in [-0.4, -0.2) is 39.0 Å². The Morgan fingerprint density at radius 1 is 1.09 bits per heavy atom. The molecule has 1 aliphatic rings. The molecule has 0 saturated carbocycles. The smallest absolute Gasteiger partial charge is 0.162 e. The monoisotopic (exact) mass is 310 g/mol. The summed E-state index contributed by atoms with van der Waals surface area (Å²) >= 11 is 0. The summed E-state index contributed by atoms with van der Waals surface area (Å²) in [7, 11) is 0. The fourth-order valence-corrected chi connectivity index (χ4v) is 3.72. The number of aryl methyl sites for hydroxylation is 1. The molecule has 0 spiro atoms. The van der Waals surface area contributed by atoms with Gasteiger partial charge in [0.05, 0.1) is 0 Å². The molecule has 1 aliphatic carbocycles. The third-order valence-electron chi connectivity index (χ3n) is 4.73. The van der Waals surface area contributed by atoms with Gasteiger partial charge in [-0.3, -0.25) is 0 Å². The van der Waals surface area contributed by atoms with Gasteiger partial charge in [0.25, 0.3) is 0 Å². The Morgan fingerprint density at radius 3 is 2.52 bits per heavy atom. The molecule has 23 heavy (non-hydrogen) atoms. The Labute approximate surface area is 139 Å². The van der Waals surface area contributed by atoms with E-state index in [-0.39, 0.29) is 0 Å². The maximum Gasteiger partial charge on any atom is 0.162 e. The van der Waals surface area contributed by atoms with E-state index in [2.05, 4.69) is 51.9 Å². The lowest BCUT2D eigenvalue weighted by Crippen LogP contribution is -2.40. The van der Waals surface area contributed by atoms with E-state index in [0.717, 1.165) is 18.7 Å². The summed E-state index contributed by atoms with van der Waals surface area (Å²) in [6, 6.07) is 7.19. The normalized spacial score (nSPS) is 17.3. The molecule has 1 atom stereocenters. The molecule has 0 aliphatic heterocycles. The van der Waals surface area contributed by atoms with Crippen LogP contribution in [0.5, 0.6) is 0 Å². The number of rotatable bonds is 6. The maximum absolute atomic E-state index is 4.36. The Bertz CT molecular complexity index is 621. The number of hydrogen-bond donors (Lipinski definition) is 0. The first kappa shape index (κ1) is 16.1. The summed E-state index contributed by atoms with van der Waals surface area (Å²) in [5, 5.41) is 0. The lowest BCUT2D eigenvalue weighted by Gasteiger charge is -2.35. The summed E-state index contributed by atoms with van der Waals surface area (Å²) in [5.74, 6) is 0.801. The molecule has 4 heteroatoms. The molecule has 0 radical (unpaired) electrons. The Kier molecular flexibility index (Phi) is 5.34. The van der Waals surface area contributed by atoms with Crippen LogP contribution in [-0.2, 0) is 12.8 Å². The zero-order valence-electron chi connectivity index (χ0n) is 14.2. The van der Waals surface area contributed by atoms with E-state index in [0.29, 0.717) is 6.04 Å². The van der Waals surface area contributed by atoms with Crippen molar-refractivity contribution < 1.29 is 0 Å². The minimum Gasteiger partial charge on any atom is -0.300 e. The van der Waals surface area contributed by atoms with Crippen LogP contribution >= 0.6 is 0 Å². The van der Waals surface area contributed by atoms with Crippen LogP contribution in [0.3, 0.4) is 0 Å². The lowest BCUT2D eigenvalue weighted by molar-refractivity contribution is 0.180. The first-order valence-corrected chi connectivity index (χ1v) is 8.80. The highest BCUT2D eigenvalue weighted by atomic mass is 15.1. The van der Waals surface area contributed by atoms with Gasteiger partial charge in [0.2, 0.25) is 0 Å². The predicted octanol–water partition coefficient (Wildman–Crippen LogP) is 3.52. The van der Waals surface area contributed by atoms with Gasteiger partial charge in [-0.1, -0.05) is 32.0 Å². The van der Waals surface area contributed by atoms with Crippen molar-refractivity contribution in [1.82, 2.24) is 19.9 Å². The molecule has 1 unspecified atom stereocenters. The molecular weight excluding hydrogens is 284 g/mol. The van der Waals surface area contributed by atoms with Gasteiger partial charge in [0.1, 0.15) is 12.7 Å². The quantitative estimate of drug-likeness (QED) is 0.818. The fraction of sp³-hybridized carbons (Fsp3) is 0.526. The highest BCUT2D eigenvalue weighted by molar-refractivity contribution is 5.62. The van der Waals surface area contributed by atoms with Crippen LogP contribution in [0.2, 0.25) is 0 Å². The molecular formula is C19H26N4. The summed E-state index contributed by atoms with van der Waals surface area (Å²) in [6.45, 7) is 6.94. The van der Waals surface area contributed by atoms with Crippen LogP contribution in [0.1, 0.15) is 44.2 Å². The minimum absolute atomic E-state index is 0.644. The Morgan fingerprint density at radius 2 is 1.83 bits per heavy atom. The first-order chi connectivity index (χ1) is 11.3. The van der Waals surface area contributed by atoms with Crippen molar-refractivity contribution in [3.05, 3.63) is 42.0 Å². The molecule has 0 amide bonds. The largest absolute Gasteiger partial charge is 0.300 e. The molecule has 1 heterocycles. The van der Waals surface area contributed by atoms with E-state index in [4.69, 9.17) is 0 Å². The van der Waals surface area contributed by atoms with Gasteiger partial charge in [-0.25, -0.2) is 15.0 Å². The molecule has 1 aromatic heterocycles. The number of fused-ring (bicyclic) bond motifs is 1. The fourth-order valence-electron chi connectivity index (χ4n) is 3.72. The molecule has 3 rings (SSSR count). The third kappa shape index (κ3) is 3.58. The van der Waals surface area contributed by atoms with E-state index < -0.39 is 0 Å². The second kappa shape index (κ2) is 7.64. The average molecular weight is 310 g/mol. The van der Waals surface area contributed by atoms with E-state index in [1.54, 1.807) is 12.7 Å². The highest BCUT2D eigenvalue weighted by Crippen LogP contribution is 2.31. The number of hydrogen-bond acceptors (Lipinski definition) is 4. The minimum atomic E-state index is 0.644. The predicted molar refractivity (Wildman–Crippen MR) is 93.2 cm³/mol. The molecule has 2 aromatic rings. The van der Waals surface area contributed by atoms with Crippen molar-refractivity contribution in [3.8, 4) is 11.4 Å². The molecule has 0 N–H and O–H groups in total. The van der Waals surface area contributed by atoms with E-state index >= 15 is 0 Å². The molecule has 0 saturated heterocycles.